The number of hydrogen-bond donors (Lipinski definition) is 1. The first-order valence-corrected chi connectivity index (χ1v) is 5.73. The van der Waals surface area contributed by atoms with Gasteiger partial charge in [0.25, 0.3) is 0 Å². The summed E-state index contributed by atoms with van der Waals surface area (Å²) < 4.78 is 8.79. The lowest BCUT2D eigenvalue weighted by molar-refractivity contribution is 1.79. The Balaban J connectivity index is 5.16. The van der Waals surface area contributed by atoms with Crippen molar-refractivity contribution in [2.75, 3.05) is 0 Å². The fourth-order valence-electron chi connectivity index (χ4n) is 1.57. The van der Waals surface area contributed by atoms with Crippen LogP contribution >= 0.6 is 22.9 Å². The maximum atomic E-state index is 7.69. The summed E-state index contributed by atoms with van der Waals surface area (Å²) in [5.41, 5.74) is 0. The molecule has 1 nitrogen and oxygen atoms in total. The molecule has 0 aliphatic carbocycles. The van der Waals surface area contributed by atoms with E-state index in [1.165, 1.54) is 7.06 Å². The maximum Gasteiger partial charge on any atom is 0.123 e. The van der Waals surface area contributed by atoms with Crippen molar-refractivity contribution in [3.8, 4) is 0 Å². The van der Waals surface area contributed by atoms with Crippen LogP contribution in [0.1, 0.15) is 0 Å². The van der Waals surface area contributed by atoms with Gasteiger partial charge in [-0.1, -0.05) is 0 Å². The molecule has 0 saturated carbocycles. The minimum atomic E-state index is -0.802. The number of hydrogen-bond acceptors (Lipinski definition) is 1. The van der Waals surface area contributed by atoms with E-state index in [1.54, 1.807) is 22.9 Å². The molecule has 0 atom stereocenters. The molecule has 0 bridgehead atoms. The molecule has 0 rings (SSSR count). The molecule has 0 aromatic rings. The molecular weight excluding hydrogens is 292 g/mol. The summed E-state index contributed by atoms with van der Waals surface area (Å²) in [6, 6.07) is 0. The quantitative estimate of drug-likeness (QED) is 0.282. The Bertz CT molecular complexity index is 196. The first-order valence-electron chi connectivity index (χ1n) is 5.21. The molecule has 0 aliphatic rings. The zero-order valence-electron chi connectivity index (χ0n) is 9.91. The summed E-state index contributed by atoms with van der Waals surface area (Å²) in [6.07, 6.45) is -3.43. The molecule has 0 spiro atoms. The van der Waals surface area contributed by atoms with Gasteiger partial charge in [-0.25, -0.2) is 6.39 Å². The van der Waals surface area contributed by atoms with Gasteiger partial charge in [0, 0.05) is 73.0 Å². The molecular formula is HB14IN-2. The standard InChI is InChI=1S/B14HIN/c1-8-12(9(2)3)14(16-15)13(10(4)5)11(6)7/h16H/q-2/i/hT. The molecule has 0 saturated heterocycles. The van der Waals surface area contributed by atoms with E-state index in [0.29, 0.717) is 0 Å². The van der Waals surface area contributed by atoms with Gasteiger partial charge in [0.2, 0.25) is 0 Å². The second-order valence-electron chi connectivity index (χ2n) is 3.67. The van der Waals surface area contributed by atoms with Crippen molar-refractivity contribution in [1.82, 2.24) is 3.43 Å². The third-order valence-corrected chi connectivity index (χ3v) is 3.10. The lowest BCUT2D eigenvalue weighted by atomic mass is 8.53. The zero-order chi connectivity index (χ0) is 13.7. The van der Waals surface area contributed by atoms with Crippen LogP contribution in [0.2, 0.25) is 1.41 Å². The Hall–Kier alpha value is 1.60. The predicted octanol–water partition coefficient (Wildman–Crippen LogP) is -4.94. The van der Waals surface area contributed by atoms with Crippen molar-refractivity contribution >= 4 is 123 Å². The lowest BCUT2D eigenvalue weighted by Gasteiger charge is -2.42. The second kappa shape index (κ2) is 8.66. The van der Waals surface area contributed by atoms with E-state index >= 15 is 0 Å². The number of rotatable bonds is 7. The fourth-order valence-corrected chi connectivity index (χ4v) is 2.31. The Labute approximate surface area is 127 Å². The molecule has 17 radical (unpaired) electrons. The Morgan fingerprint density at radius 1 is 1.19 bits per heavy atom. The maximum absolute atomic E-state index is 7.69. The van der Waals surface area contributed by atoms with Crippen LogP contribution in [-0.2, 0) is 0 Å². The van der Waals surface area contributed by atoms with Crippen LogP contribution in [0.15, 0.2) is 0 Å². The van der Waals surface area contributed by atoms with Gasteiger partial charge in [-0.05, 0) is 14.1 Å². The van der Waals surface area contributed by atoms with E-state index in [1.807, 2.05) is 0 Å². The van der Waals surface area contributed by atoms with E-state index in [-0.39, 0.29) is 0 Å². The highest BCUT2D eigenvalue weighted by molar-refractivity contribution is 14.1. The van der Waals surface area contributed by atoms with Crippen molar-refractivity contribution in [3.05, 3.63) is 0 Å². The first-order chi connectivity index (χ1) is 7.73. The van der Waals surface area contributed by atoms with Crippen LogP contribution in [0, 0.1) is 0 Å². The fraction of sp³-hybridized carbons (Fsp3) is 0. The number of halogens is 1. The SMILES string of the molecule is [3H]N(I)B(B([B][B-])B([B])[B-])B(B([B])[B])B([B])[B]. The van der Waals surface area contributed by atoms with Gasteiger partial charge in [0.1, 0.15) is 8.04 Å². The van der Waals surface area contributed by atoms with Gasteiger partial charge in [0.05, 0.1) is 0 Å². The van der Waals surface area contributed by atoms with E-state index in [2.05, 4.69) is 0 Å². The smallest absolute Gasteiger partial charge is 0.123 e. The Kier molecular flexibility index (Phi) is 8.47. The van der Waals surface area contributed by atoms with Crippen molar-refractivity contribution < 1.29 is 1.41 Å². The predicted molar refractivity (Wildman–Crippen MR) is 97.7 cm³/mol. The molecule has 1 N–H and O–H groups in total. The lowest BCUT2D eigenvalue weighted by Crippen LogP contribution is -2.74. The second-order valence-corrected chi connectivity index (χ2v) is 4.22. The van der Waals surface area contributed by atoms with Crippen LogP contribution in [0.5, 0.6) is 0 Å². The molecule has 0 fully saturated rings. The van der Waals surface area contributed by atoms with E-state index in [0.717, 1.165) is 3.43 Å². The van der Waals surface area contributed by atoms with Crippen molar-refractivity contribution in [3.63, 3.8) is 0 Å². The van der Waals surface area contributed by atoms with Gasteiger partial charge >= 0.3 is 0 Å². The van der Waals surface area contributed by atoms with Gasteiger partial charge in [-0.15, -0.1) is 0 Å². The van der Waals surface area contributed by atoms with Crippen molar-refractivity contribution in [2.45, 2.75) is 0 Å². The molecule has 0 unspecified atom stereocenters. The third-order valence-electron chi connectivity index (χ3n) is 2.46. The summed E-state index contributed by atoms with van der Waals surface area (Å²) in [6.45, 7) is -0.569. The van der Waals surface area contributed by atoms with E-state index in [4.69, 9.17) is 55.6 Å². The van der Waals surface area contributed by atoms with Crippen LogP contribution in [0.3, 0.4) is 0 Å². The van der Waals surface area contributed by atoms with Crippen LogP contribution in [-0.4, -0.2) is 99.8 Å². The molecule has 16 heavy (non-hydrogen) atoms. The average molecular weight is 295 g/mol. The Morgan fingerprint density at radius 2 is 1.62 bits per heavy atom. The minimum absolute atomic E-state index is 0.501. The number of nitrogens with one attached hydrogen (secondary N) is 1. The summed E-state index contributed by atoms with van der Waals surface area (Å²) in [5.74, 6) is 0. The van der Waals surface area contributed by atoms with Gasteiger partial charge in [-0.2, -0.15) is 0 Å². The molecule has 0 aliphatic heterocycles. The van der Waals surface area contributed by atoms with Gasteiger partial charge in [0.15, 0.2) is 0 Å². The third kappa shape index (κ3) is 5.07. The topological polar surface area (TPSA) is 12.0 Å². The molecule has 0 aromatic carbocycles. The van der Waals surface area contributed by atoms with Gasteiger partial charge < -0.3 is 18.9 Å². The summed E-state index contributed by atoms with van der Waals surface area (Å²) in [7, 11) is 40.6. The Morgan fingerprint density at radius 3 is 1.81 bits per heavy atom. The van der Waals surface area contributed by atoms with Crippen LogP contribution in [0.4, 0.5) is 0 Å². The summed E-state index contributed by atoms with van der Waals surface area (Å²) in [4.78, 5) is 0. The normalized spacial score (nSPS) is 10.4. The average Bonchev–Trinajstić information content (AvgIpc) is 2.15. The monoisotopic (exact) mass is 298 g/mol. The minimum Gasteiger partial charge on any atom is -0.690 e. The van der Waals surface area contributed by atoms with E-state index < -0.39 is 38.6 Å². The molecule has 0 heterocycles. The van der Waals surface area contributed by atoms with Crippen molar-refractivity contribution in [2.24, 2.45) is 0 Å². The molecule has 57 valence electrons. The summed E-state index contributed by atoms with van der Waals surface area (Å²) in [5, 5.41) is 0. The highest BCUT2D eigenvalue weighted by Crippen LogP contribution is 1.99. The van der Waals surface area contributed by atoms with Crippen LogP contribution in [0.25, 0.3) is 0 Å². The van der Waals surface area contributed by atoms with Gasteiger partial charge in [-0.3, -0.25) is 7.06 Å². The largest absolute Gasteiger partial charge is 0.690 e. The summed E-state index contributed by atoms with van der Waals surface area (Å²) >= 11 is 1.75. The molecule has 0 aromatic heterocycles. The highest BCUT2D eigenvalue weighted by Gasteiger charge is 2.35. The first kappa shape index (κ1) is 15.7. The molecule has 0 amide bonds. The van der Waals surface area contributed by atoms with Crippen LogP contribution < -0.4 is 3.43 Å². The highest BCUT2D eigenvalue weighted by atomic mass is 127. The van der Waals surface area contributed by atoms with Crippen molar-refractivity contribution in [1.29, 1.82) is 0 Å². The van der Waals surface area contributed by atoms with E-state index in [9.17, 15) is 0 Å². The molecule has 16 heteroatoms. The zero-order valence-corrected chi connectivity index (χ0v) is 11.1.